The summed E-state index contributed by atoms with van der Waals surface area (Å²) >= 11 is 0. The third kappa shape index (κ3) is 2.16. The minimum atomic E-state index is -0.157. The average molecular weight is 341 g/mol. The van der Waals surface area contributed by atoms with Crippen LogP contribution in [0.2, 0.25) is 0 Å². The number of hydrogen-bond donors (Lipinski definition) is 3. The molecule has 26 heavy (non-hydrogen) atoms. The molecule has 0 atom stereocenters. The van der Waals surface area contributed by atoms with Gasteiger partial charge in [0.15, 0.2) is 0 Å². The lowest BCUT2D eigenvalue weighted by Gasteiger charge is -2.10. The number of anilines is 2. The Morgan fingerprint density at radius 3 is 2.85 bits per heavy atom. The van der Waals surface area contributed by atoms with E-state index in [-0.39, 0.29) is 5.56 Å². The van der Waals surface area contributed by atoms with E-state index < -0.39 is 0 Å². The van der Waals surface area contributed by atoms with Crippen molar-refractivity contribution in [1.29, 1.82) is 0 Å². The average Bonchev–Trinajstić information content (AvgIpc) is 3.02. The van der Waals surface area contributed by atoms with Crippen LogP contribution >= 0.6 is 0 Å². The third-order valence-electron chi connectivity index (χ3n) is 4.55. The molecule has 0 saturated carbocycles. The standard InChI is InChI=1S/C20H15N5O/c1-11-3-2-4-12(9-11)23-19-15-10-21-7-5-13(15)16-17(25-19)14-6-8-22-20(26)18(14)24-16/h2-10,24H,1H3,(H,22,26)(H,23,25). The highest BCUT2D eigenvalue weighted by molar-refractivity contribution is 6.17. The van der Waals surface area contributed by atoms with Gasteiger partial charge in [-0.15, -0.1) is 0 Å². The molecule has 6 heteroatoms. The maximum atomic E-state index is 12.2. The number of pyridine rings is 3. The lowest BCUT2D eigenvalue weighted by atomic mass is 10.1. The second-order valence-corrected chi connectivity index (χ2v) is 6.32. The van der Waals surface area contributed by atoms with E-state index in [0.717, 1.165) is 38.4 Å². The molecule has 0 aliphatic heterocycles. The van der Waals surface area contributed by atoms with Crippen LogP contribution in [-0.4, -0.2) is 19.9 Å². The predicted octanol–water partition coefficient (Wildman–Crippen LogP) is 4.00. The van der Waals surface area contributed by atoms with E-state index in [9.17, 15) is 4.79 Å². The second-order valence-electron chi connectivity index (χ2n) is 6.32. The molecule has 3 N–H and O–H groups in total. The molecular weight excluding hydrogens is 326 g/mol. The number of nitrogens with zero attached hydrogens (tertiary/aromatic N) is 2. The summed E-state index contributed by atoms with van der Waals surface area (Å²) in [7, 11) is 0. The zero-order valence-corrected chi connectivity index (χ0v) is 14.0. The number of aromatic nitrogens is 4. The maximum absolute atomic E-state index is 12.2. The van der Waals surface area contributed by atoms with Crippen molar-refractivity contribution in [3.63, 3.8) is 0 Å². The Labute approximate surface area is 147 Å². The van der Waals surface area contributed by atoms with Gasteiger partial charge in [0.1, 0.15) is 11.3 Å². The number of hydrogen-bond acceptors (Lipinski definition) is 4. The molecule has 6 nitrogen and oxygen atoms in total. The van der Waals surface area contributed by atoms with Crippen molar-refractivity contribution in [3.8, 4) is 0 Å². The molecule has 0 saturated heterocycles. The zero-order valence-electron chi connectivity index (χ0n) is 14.0. The largest absolute Gasteiger partial charge is 0.348 e. The number of aromatic amines is 2. The van der Waals surface area contributed by atoms with Crippen molar-refractivity contribution in [1.82, 2.24) is 19.9 Å². The topological polar surface area (TPSA) is 86.5 Å². The molecule has 0 fully saturated rings. The van der Waals surface area contributed by atoms with Gasteiger partial charge >= 0.3 is 0 Å². The third-order valence-corrected chi connectivity index (χ3v) is 4.55. The summed E-state index contributed by atoms with van der Waals surface area (Å²) in [6.45, 7) is 2.05. The van der Waals surface area contributed by atoms with Crippen LogP contribution in [0.3, 0.4) is 0 Å². The lowest BCUT2D eigenvalue weighted by Crippen LogP contribution is -2.03. The number of rotatable bonds is 2. The number of benzene rings is 1. The van der Waals surface area contributed by atoms with Gasteiger partial charge in [0, 0.05) is 40.4 Å². The quantitative estimate of drug-likeness (QED) is 0.453. The Hall–Kier alpha value is -3.67. The highest BCUT2D eigenvalue weighted by Gasteiger charge is 2.15. The minimum absolute atomic E-state index is 0.157. The van der Waals surface area contributed by atoms with Gasteiger partial charge in [0.05, 0.1) is 11.0 Å². The van der Waals surface area contributed by atoms with Gasteiger partial charge in [-0.05, 0) is 36.8 Å². The summed E-state index contributed by atoms with van der Waals surface area (Å²) in [5.41, 5.74) is 4.09. The summed E-state index contributed by atoms with van der Waals surface area (Å²) in [6, 6.07) is 11.9. The van der Waals surface area contributed by atoms with E-state index >= 15 is 0 Å². The fourth-order valence-corrected chi connectivity index (χ4v) is 3.36. The first-order valence-corrected chi connectivity index (χ1v) is 8.31. The molecule has 0 spiro atoms. The predicted molar refractivity (Wildman–Crippen MR) is 104 cm³/mol. The first-order valence-electron chi connectivity index (χ1n) is 8.31. The smallest absolute Gasteiger partial charge is 0.272 e. The van der Waals surface area contributed by atoms with Gasteiger partial charge in [0.2, 0.25) is 0 Å². The molecule has 0 bridgehead atoms. The van der Waals surface area contributed by atoms with E-state index in [4.69, 9.17) is 4.98 Å². The van der Waals surface area contributed by atoms with Gasteiger partial charge in [-0.3, -0.25) is 9.78 Å². The summed E-state index contributed by atoms with van der Waals surface area (Å²) < 4.78 is 0. The Morgan fingerprint density at radius 2 is 1.96 bits per heavy atom. The van der Waals surface area contributed by atoms with Gasteiger partial charge in [-0.2, -0.15) is 0 Å². The highest BCUT2D eigenvalue weighted by atomic mass is 16.1. The number of fused-ring (bicyclic) bond motifs is 5. The van der Waals surface area contributed by atoms with Crippen molar-refractivity contribution in [2.24, 2.45) is 0 Å². The van der Waals surface area contributed by atoms with E-state index in [1.165, 1.54) is 0 Å². The molecule has 126 valence electrons. The van der Waals surface area contributed by atoms with Crippen molar-refractivity contribution in [2.45, 2.75) is 6.92 Å². The fraction of sp³-hybridized carbons (Fsp3) is 0.0500. The highest BCUT2D eigenvalue weighted by Crippen LogP contribution is 2.33. The number of aryl methyl sites for hydroxylation is 1. The Morgan fingerprint density at radius 1 is 1.04 bits per heavy atom. The van der Waals surface area contributed by atoms with Crippen LogP contribution in [0.4, 0.5) is 11.5 Å². The van der Waals surface area contributed by atoms with Crippen molar-refractivity contribution in [2.75, 3.05) is 5.32 Å². The minimum Gasteiger partial charge on any atom is -0.348 e. The first-order chi connectivity index (χ1) is 12.7. The molecular formula is C20H15N5O. The van der Waals surface area contributed by atoms with E-state index in [0.29, 0.717) is 11.3 Å². The Bertz CT molecular complexity index is 1350. The second kappa shape index (κ2) is 5.42. The molecule has 0 aliphatic carbocycles. The molecule has 1 aromatic carbocycles. The maximum Gasteiger partial charge on any atom is 0.272 e. The summed E-state index contributed by atoms with van der Waals surface area (Å²) in [5, 5.41) is 6.06. The first kappa shape index (κ1) is 14.7. The molecule has 0 radical (unpaired) electrons. The number of H-pyrrole nitrogens is 2. The van der Waals surface area contributed by atoms with Gasteiger partial charge in [-0.1, -0.05) is 12.1 Å². The van der Waals surface area contributed by atoms with Crippen LogP contribution in [-0.2, 0) is 0 Å². The van der Waals surface area contributed by atoms with Crippen molar-refractivity contribution >= 4 is 44.2 Å². The van der Waals surface area contributed by atoms with Crippen LogP contribution in [0.15, 0.2) is 59.8 Å². The molecule has 0 aliphatic rings. The van der Waals surface area contributed by atoms with Crippen LogP contribution in [0, 0.1) is 6.92 Å². The van der Waals surface area contributed by atoms with Gasteiger partial charge < -0.3 is 15.3 Å². The normalized spacial score (nSPS) is 11.4. The molecule has 5 aromatic rings. The lowest BCUT2D eigenvalue weighted by molar-refractivity contribution is 1.26. The van der Waals surface area contributed by atoms with Crippen molar-refractivity contribution in [3.05, 3.63) is 70.9 Å². The zero-order chi connectivity index (χ0) is 17.7. The Balaban J connectivity index is 1.85. The summed E-state index contributed by atoms with van der Waals surface area (Å²) in [6.07, 6.45) is 5.17. The monoisotopic (exact) mass is 341 g/mol. The SMILES string of the molecule is Cc1cccc(Nc2nc3c4cc[nH]c(=O)c4[nH]c3c3ccncc23)c1. The van der Waals surface area contributed by atoms with E-state index in [1.807, 2.05) is 37.3 Å². The van der Waals surface area contributed by atoms with Crippen LogP contribution in [0.1, 0.15) is 5.56 Å². The van der Waals surface area contributed by atoms with Crippen LogP contribution in [0.25, 0.3) is 32.7 Å². The molecule has 0 amide bonds. The van der Waals surface area contributed by atoms with E-state index in [2.05, 4.69) is 26.3 Å². The van der Waals surface area contributed by atoms with Crippen LogP contribution in [0.5, 0.6) is 0 Å². The molecule has 0 unspecified atom stereocenters. The van der Waals surface area contributed by atoms with E-state index in [1.54, 1.807) is 18.6 Å². The van der Waals surface area contributed by atoms with Crippen LogP contribution < -0.4 is 10.9 Å². The molecule has 5 rings (SSSR count). The molecule has 4 aromatic heterocycles. The van der Waals surface area contributed by atoms with Gasteiger partial charge in [0.25, 0.3) is 5.56 Å². The van der Waals surface area contributed by atoms with Gasteiger partial charge in [-0.25, -0.2) is 4.98 Å². The van der Waals surface area contributed by atoms with Crippen molar-refractivity contribution < 1.29 is 0 Å². The summed E-state index contributed by atoms with van der Waals surface area (Å²) in [4.78, 5) is 27.2. The fourth-order valence-electron chi connectivity index (χ4n) is 3.36. The Kier molecular flexibility index (Phi) is 3.05. The molecule has 4 heterocycles. The number of nitrogens with one attached hydrogen (secondary N) is 3. The summed E-state index contributed by atoms with van der Waals surface area (Å²) in [5.74, 6) is 0.715.